The van der Waals surface area contributed by atoms with Gasteiger partial charge in [-0.1, -0.05) is 6.92 Å². The fourth-order valence-electron chi connectivity index (χ4n) is 1.97. The Bertz CT molecular complexity index is 591. The molecule has 0 fully saturated rings. The fourth-order valence-corrected chi connectivity index (χ4v) is 4.30. The summed E-state index contributed by atoms with van der Waals surface area (Å²) in [7, 11) is -2.79. The SMILES string of the molecule is CCC(C)S1(=O)=NCCC(=O)N1c1ccc(F)cc1. The monoisotopic (exact) mass is 284 g/mol. The summed E-state index contributed by atoms with van der Waals surface area (Å²) in [6.45, 7) is 4.02. The molecule has 0 aliphatic carbocycles. The van der Waals surface area contributed by atoms with E-state index in [0.29, 0.717) is 18.7 Å². The lowest BCUT2D eigenvalue weighted by Crippen LogP contribution is -2.44. The Kier molecular flexibility index (Phi) is 3.89. The molecular formula is C13H17FN2O2S. The van der Waals surface area contributed by atoms with Crippen molar-refractivity contribution in [2.45, 2.75) is 31.9 Å². The van der Waals surface area contributed by atoms with Gasteiger partial charge in [-0.3, -0.25) is 4.79 Å². The van der Waals surface area contributed by atoms with Gasteiger partial charge in [-0.15, -0.1) is 0 Å². The molecule has 1 aliphatic rings. The van der Waals surface area contributed by atoms with Crippen LogP contribution in [0.25, 0.3) is 0 Å². The molecule has 0 N–H and O–H groups in total. The molecule has 1 aromatic carbocycles. The van der Waals surface area contributed by atoms with Gasteiger partial charge >= 0.3 is 0 Å². The van der Waals surface area contributed by atoms with E-state index in [9.17, 15) is 13.4 Å². The van der Waals surface area contributed by atoms with Crippen LogP contribution in [0.15, 0.2) is 28.6 Å². The molecule has 19 heavy (non-hydrogen) atoms. The minimum absolute atomic E-state index is 0.216. The number of carbonyl (C=O) groups excluding carboxylic acids is 1. The maximum absolute atomic E-state index is 13.0. The van der Waals surface area contributed by atoms with Crippen LogP contribution in [0.5, 0.6) is 0 Å². The second-order valence-electron chi connectivity index (χ2n) is 4.52. The maximum atomic E-state index is 13.0. The molecule has 1 amide bonds. The van der Waals surface area contributed by atoms with Crippen molar-refractivity contribution in [1.29, 1.82) is 0 Å². The van der Waals surface area contributed by atoms with Crippen molar-refractivity contribution in [1.82, 2.24) is 0 Å². The molecule has 4 nitrogen and oxygen atoms in total. The van der Waals surface area contributed by atoms with E-state index in [2.05, 4.69) is 4.36 Å². The van der Waals surface area contributed by atoms with Gasteiger partial charge in [0.05, 0.1) is 17.5 Å². The molecular weight excluding hydrogens is 267 g/mol. The van der Waals surface area contributed by atoms with Gasteiger partial charge in [-0.25, -0.2) is 17.3 Å². The molecule has 2 atom stereocenters. The van der Waals surface area contributed by atoms with E-state index in [1.54, 1.807) is 0 Å². The molecule has 104 valence electrons. The highest BCUT2D eigenvalue weighted by molar-refractivity contribution is 7.96. The van der Waals surface area contributed by atoms with E-state index in [1.807, 2.05) is 13.8 Å². The smallest absolute Gasteiger partial charge is 0.241 e. The molecule has 0 saturated carbocycles. The molecule has 2 unspecified atom stereocenters. The Morgan fingerprint density at radius 2 is 2.05 bits per heavy atom. The molecule has 1 heterocycles. The van der Waals surface area contributed by atoms with Crippen LogP contribution in [0.2, 0.25) is 0 Å². The molecule has 0 saturated heterocycles. The summed E-state index contributed by atoms with van der Waals surface area (Å²) in [4.78, 5) is 12.1. The summed E-state index contributed by atoms with van der Waals surface area (Å²) in [5.41, 5.74) is 0.445. The molecule has 0 radical (unpaired) electrons. The second kappa shape index (κ2) is 5.28. The highest BCUT2D eigenvalue weighted by Gasteiger charge is 2.33. The van der Waals surface area contributed by atoms with Crippen LogP contribution in [-0.4, -0.2) is 21.9 Å². The summed E-state index contributed by atoms with van der Waals surface area (Å²) in [6.07, 6.45) is 0.901. The molecule has 2 rings (SSSR count). The maximum Gasteiger partial charge on any atom is 0.241 e. The molecule has 1 aliphatic heterocycles. The lowest BCUT2D eigenvalue weighted by molar-refractivity contribution is -0.117. The zero-order valence-electron chi connectivity index (χ0n) is 11.0. The van der Waals surface area contributed by atoms with E-state index in [4.69, 9.17) is 0 Å². The van der Waals surface area contributed by atoms with E-state index in [1.165, 1.54) is 28.6 Å². The van der Waals surface area contributed by atoms with Crippen LogP contribution in [0.1, 0.15) is 26.7 Å². The van der Waals surface area contributed by atoms with Crippen molar-refractivity contribution >= 4 is 21.5 Å². The third-order valence-corrected chi connectivity index (χ3v) is 6.12. The molecule has 0 bridgehead atoms. The first-order valence-corrected chi connectivity index (χ1v) is 7.83. The molecule has 0 aromatic heterocycles. The Morgan fingerprint density at radius 1 is 1.42 bits per heavy atom. The van der Waals surface area contributed by atoms with Gasteiger partial charge in [-0.2, -0.15) is 0 Å². The first-order valence-electron chi connectivity index (χ1n) is 6.29. The van der Waals surface area contributed by atoms with E-state index < -0.39 is 9.92 Å². The summed E-state index contributed by atoms with van der Waals surface area (Å²) in [5.74, 6) is -0.605. The normalized spacial score (nSPS) is 25.0. The largest absolute Gasteiger partial charge is 0.273 e. The summed E-state index contributed by atoms with van der Waals surface area (Å²) in [6, 6.07) is 5.45. The van der Waals surface area contributed by atoms with Crippen LogP contribution < -0.4 is 4.31 Å². The average molecular weight is 284 g/mol. The number of hydrogen-bond acceptors (Lipinski definition) is 3. The van der Waals surface area contributed by atoms with Crippen molar-refractivity contribution in [3.63, 3.8) is 0 Å². The van der Waals surface area contributed by atoms with Gasteiger partial charge < -0.3 is 0 Å². The van der Waals surface area contributed by atoms with Crippen molar-refractivity contribution in [2.24, 2.45) is 4.36 Å². The number of amides is 1. The van der Waals surface area contributed by atoms with Crippen molar-refractivity contribution < 1.29 is 13.4 Å². The quantitative estimate of drug-likeness (QED) is 0.857. The standard InChI is InChI=1S/C13H17FN2O2S/c1-3-10(2)19(18)15-9-8-13(17)16(19)12-6-4-11(14)5-7-12/h4-7,10H,3,8-9H2,1-2H3. The number of halogens is 1. The number of anilines is 1. The third-order valence-electron chi connectivity index (χ3n) is 3.25. The van der Waals surface area contributed by atoms with Gasteiger partial charge in [-0.05, 0) is 37.6 Å². The van der Waals surface area contributed by atoms with E-state index in [0.717, 1.165) is 0 Å². The van der Waals surface area contributed by atoms with Crippen LogP contribution in [-0.2, 0) is 14.7 Å². The Balaban J connectivity index is 2.53. The van der Waals surface area contributed by atoms with Gasteiger partial charge in [0, 0.05) is 6.42 Å². The Morgan fingerprint density at radius 3 is 2.63 bits per heavy atom. The second-order valence-corrected chi connectivity index (χ2v) is 7.03. The van der Waals surface area contributed by atoms with Gasteiger partial charge in [0.1, 0.15) is 15.7 Å². The number of carbonyl (C=O) groups is 1. The molecule has 6 heteroatoms. The highest BCUT2D eigenvalue weighted by atomic mass is 32.2. The lowest BCUT2D eigenvalue weighted by Gasteiger charge is -2.32. The average Bonchev–Trinajstić information content (AvgIpc) is 2.39. The summed E-state index contributed by atoms with van der Waals surface area (Å²) >= 11 is 0. The van der Waals surface area contributed by atoms with Crippen LogP contribution in [0.4, 0.5) is 10.1 Å². The molecule has 0 spiro atoms. The minimum Gasteiger partial charge on any atom is -0.273 e. The zero-order chi connectivity index (χ0) is 14.0. The minimum atomic E-state index is -2.79. The predicted octanol–water partition coefficient (Wildman–Crippen LogP) is 2.74. The van der Waals surface area contributed by atoms with Crippen LogP contribution >= 0.6 is 0 Å². The van der Waals surface area contributed by atoms with Gasteiger partial charge in [0.25, 0.3) is 0 Å². The van der Waals surface area contributed by atoms with E-state index in [-0.39, 0.29) is 23.4 Å². The summed E-state index contributed by atoms with van der Waals surface area (Å²) < 4.78 is 31.4. The topological polar surface area (TPSA) is 49.7 Å². The highest BCUT2D eigenvalue weighted by Crippen LogP contribution is 2.27. The first kappa shape index (κ1) is 14.0. The number of rotatable bonds is 3. The Hall–Kier alpha value is -1.43. The Labute approximate surface area is 112 Å². The van der Waals surface area contributed by atoms with Crippen LogP contribution in [0, 0.1) is 5.82 Å². The first-order chi connectivity index (χ1) is 8.99. The number of nitrogens with zero attached hydrogens (tertiary/aromatic N) is 2. The number of hydrogen-bond donors (Lipinski definition) is 0. The fraction of sp³-hybridized carbons (Fsp3) is 0.462. The zero-order valence-corrected chi connectivity index (χ0v) is 11.8. The van der Waals surface area contributed by atoms with Crippen molar-refractivity contribution in [3.05, 3.63) is 30.1 Å². The predicted molar refractivity (Wildman–Crippen MR) is 73.7 cm³/mol. The van der Waals surface area contributed by atoms with Crippen LogP contribution in [0.3, 0.4) is 0 Å². The lowest BCUT2D eigenvalue weighted by atomic mass is 10.3. The summed E-state index contributed by atoms with van der Waals surface area (Å²) in [5, 5.41) is -0.221. The van der Waals surface area contributed by atoms with Gasteiger partial charge in [0.15, 0.2) is 0 Å². The van der Waals surface area contributed by atoms with Crippen molar-refractivity contribution in [2.75, 3.05) is 10.8 Å². The van der Waals surface area contributed by atoms with Crippen molar-refractivity contribution in [3.8, 4) is 0 Å². The molecule has 1 aromatic rings. The third kappa shape index (κ3) is 2.49. The van der Waals surface area contributed by atoms with Gasteiger partial charge in [0.2, 0.25) is 5.91 Å². The number of benzene rings is 1. The van der Waals surface area contributed by atoms with E-state index >= 15 is 0 Å².